The van der Waals surface area contributed by atoms with Gasteiger partial charge in [0.25, 0.3) is 0 Å². The van der Waals surface area contributed by atoms with Gasteiger partial charge in [-0.2, -0.15) is 5.26 Å². The highest BCUT2D eigenvalue weighted by Gasteiger charge is 2.18. The predicted octanol–water partition coefficient (Wildman–Crippen LogP) is 0.275. The maximum Gasteiger partial charge on any atom is 0.239 e. The molecule has 0 amide bonds. The number of aliphatic hydroxyl groups is 1. The summed E-state index contributed by atoms with van der Waals surface area (Å²) in [6, 6.07) is 1.40. The van der Waals surface area contributed by atoms with Gasteiger partial charge < -0.3 is 10.0 Å². The van der Waals surface area contributed by atoms with E-state index in [4.69, 9.17) is 5.26 Å². The maximum atomic E-state index is 11.3. The molecule has 17 heavy (non-hydrogen) atoms. The second-order valence-electron chi connectivity index (χ2n) is 4.47. The molecule has 0 aromatic carbocycles. The molecule has 0 aromatic heterocycles. The number of hydrogen-bond acceptors (Lipinski definition) is 5. The molecular formula is C12H18N2O3. The molecule has 0 aromatic rings. The number of carbonyl (C=O) groups is 2. The normalized spacial score (nSPS) is 18.4. The molecule has 1 aliphatic rings. The Balaban J connectivity index is 2.23. The predicted molar refractivity (Wildman–Crippen MR) is 61.2 cm³/mol. The largest absolute Gasteiger partial charge is 0.391 e. The molecule has 0 aliphatic carbocycles. The third-order valence-corrected chi connectivity index (χ3v) is 2.86. The Morgan fingerprint density at radius 2 is 1.94 bits per heavy atom. The van der Waals surface area contributed by atoms with E-state index in [1.807, 2.05) is 0 Å². The summed E-state index contributed by atoms with van der Waals surface area (Å²) in [4.78, 5) is 24.2. The van der Waals surface area contributed by atoms with Gasteiger partial charge in [-0.1, -0.05) is 6.42 Å². The first-order chi connectivity index (χ1) is 8.11. The van der Waals surface area contributed by atoms with Crippen LogP contribution in [0.25, 0.3) is 0 Å². The third-order valence-electron chi connectivity index (χ3n) is 2.86. The van der Waals surface area contributed by atoms with Gasteiger partial charge in [0.15, 0.2) is 0 Å². The van der Waals surface area contributed by atoms with Gasteiger partial charge in [-0.3, -0.25) is 9.59 Å². The van der Waals surface area contributed by atoms with E-state index >= 15 is 0 Å². The fourth-order valence-corrected chi connectivity index (χ4v) is 2.06. The minimum Gasteiger partial charge on any atom is -0.391 e. The maximum absolute atomic E-state index is 11.3. The van der Waals surface area contributed by atoms with Gasteiger partial charge in [0, 0.05) is 13.0 Å². The van der Waals surface area contributed by atoms with Gasteiger partial charge in [-0.05, 0) is 25.9 Å². The lowest BCUT2D eigenvalue weighted by Gasteiger charge is -2.28. The van der Waals surface area contributed by atoms with Crippen LogP contribution in [0.4, 0.5) is 0 Å². The summed E-state index contributed by atoms with van der Waals surface area (Å²) in [5, 5.41) is 18.0. The standard InChI is InChI=1S/C12H18N2O3/c13-8-11(16)6-10(15)7-12(17)9-14-4-2-1-3-5-14/h12,17H,1-7,9H2/t12-/m1/s1. The fourth-order valence-electron chi connectivity index (χ4n) is 2.06. The van der Waals surface area contributed by atoms with Crippen molar-refractivity contribution in [3.63, 3.8) is 0 Å². The Bertz CT molecular complexity index is 316. The molecule has 0 bridgehead atoms. The monoisotopic (exact) mass is 238 g/mol. The Hall–Kier alpha value is -1.25. The van der Waals surface area contributed by atoms with E-state index in [9.17, 15) is 14.7 Å². The van der Waals surface area contributed by atoms with Gasteiger partial charge in [0.05, 0.1) is 12.5 Å². The van der Waals surface area contributed by atoms with Crippen molar-refractivity contribution in [1.29, 1.82) is 5.26 Å². The van der Waals surface area contributed by atoms with Crippen molar-refractivity contribution in [2.75, 3.05) is 19.6 Å². The summed E-state index contributed by atoms with van der Waals surface area (Å²) in [5.74, 6) is -1.10. The minimum atomic E-state index is -0.736. The Morgan fingerprint density at radius 1 is 1.29 bits per heavy atom. The highest BCUT2D eigenvalue weighted by atomic mass is 16.3. The second-order valence-corrected chi connectivity index (χ2v) is 4.47. The lowest BCUT2D eigenvalue weighted by atomic mass is 10.1. The number of ketones is 2. The van der Waals surface area contributed by atoms with Crippen LogP contribution in [0.3, 0.4) is 0 Å². The van der Waals surface area contributed by atoms with E-state index in [2.05, 4.69) is 4.90 Å². The van der Waals surface area contributed by atoms with E-state index in [-0.39, 0.29) is 18.6 Å². The average Bonchev–Trinajstić information content (AvgIpc) is 2.29. The molecule has 5 heteroatoms. The number of aliphatic hydroxyl groups excluding tert-OH is 1. The summed E-state index contributed by atoms with van der Waals surface area (Å²) in [7, 11) is 0. The lowest BCUT2D eigenvalue weighted by molar-refractivity contribution is -0.125. The van der Waals surface area contributed by atoms with Crippen molar-refractivity contribution in [3.05, 3.63) is 0 Å². The van der Waals surface area contributed by atoms with Crippen LogP contribution in [0.5, 0.6) is 0 Å². The van der Waals surface area contributed by atoms with E-state index in [0.717, 1.165) is 25.9 Å². The SMILES string of the molecule is N#CC(=O)CC(=O)C[C@@H](O)CN1CCCCC1. The summed E-state index contributed by atoms with van der Waals surface area (Å²) in [6.45, 7) is 2.40. The molecule has 1 fully saturated rings. The molecule has 0 saturated carbocycles. The molecule has 0 radical (unpaired) electrons. The van der Waals surface area contributed by atoms with Crippen LogP contribution in [0, 0.1) is 11.3 Å². The van der Waals surface area contributed by atoms with Crippen LogP contribution in [-0.4, -0.2) is 47.3 Å². The Labute approximate surface area is 101 Å². The van der Waals surface area contributed by atoms with E-state index in [1.54, 1.807) is 0 Å². The highest BCUT2D eigenvalue weighted by Crippen LogP contribution is 2.10. The number of hydrogen-bond donors (Lipinski definition) is 1. The number of Topliss-reactive ketones (excluding diaryl/α,β-unsaturated/α-hetero) is 2. The first kappa shape index (κ1) is 13.8. The number of rotatable bonds is 6. The van der Waals surface area contributed by atoms with Crippen molar-refractivity contribution >= 4 is 11.6 Å². The number of nitriles is 1. The van der Waals surface area contributed by atoms with Crippen LogP contribution in [0.1, 0.15) is 32.1 Å². The highest BCUT2D eigenvalue weighted by molar-refractivity contribution is 6.06. The number of carbonyl (C=O) groups excluding carboxylic acids is 2. The average molecular weight is 238 g/mol. The Kier molecular flexibility index (Phi) is 5.81. The zero-order chi connectivity index (χ0) is 12.7. The molecule has 1 rings (SSSR count). The minimum absolute atomic E-state index is 0.0378. The van der Waals surface area contributed by atoms with Crippen molar-refractivity contribution in [3.8, 4) is 6.07 Å². The molecular weight excluding hydrogens is 220 g/mol. The fraction of sp³-hybridized carbons (Fsp3) is 0.750. The van der Waals surface area contributed by atoms with Gasteiger partial charge in [-0.25, -0.2) is 0 Å². The van der Waals surface area contributed by atoms with E-state index in [1.165, 1.54) is 12.5 Å². The van der Waals surface area contributed by atoms with Crippen LogP contribution in [-0.2, 0) is 9.59 Å². The van der Waals surface area contributed by atoms with Crippen molar-refractivity contribution < 1.29 is 14.7 Å². The van der Waals surface area contributed by atoms with Crippen molar-refractivity contribution in [1.82, 2.24) is 4.90 Å². The second kappa shape index (κ2) is 7.15. The molecule has 1 atom stereocenters. The molecule has 5 nitrogen and oxygen atoms in total. The van der Waals surface area contributed by atoms with Crippen LogP contribution in [0.2, 0.25) is 0 Å². The molecule has 1 N–H and O–H groups in total. The quantitative estimate of drug-likeness (QED) is 0.531. The smallest absolute Gasteiger partial charge is 0.239 e. The molecule has 0 unspecified atom stereocenters. The molecule has 94 valence electrons. The summed E-state index contributed by atoms with van der Waals surface area (Å²) in [5.41, 5.74) is 0. The third kappa shape index (κ3) is 5.57. The summed E-state index contributed by atoms with van der Waals surface area (Å²) >= 11 is 0. The van der Waals surface area contributed by atoms with Gasteiger partial charge in [0.1, 0.15) is 11.9 Å². The van der Waals surface area contributed by atoms with Gasteiger partial charge >= 0.3 is 0 Å². The summed E-state index contributed by atoms with van der Waals surface area (Å²) in [6.07, 6.45) is 2.34. The van der Waals surface area contributed by atoms with Gasteiger partial charge in [0.2, 0.25) is 5.78 Å². The number of likely N-dealkylation sites (tertiary alicyclic amines) is 1. The number of β-amino-alcohol motifs (C(OH)–C–C–N with tert-alkyl or cyclic N) is 1. The Morgan fingerprint density at radius 3 is 2.53 bits per heavy atom. The number of nitrogens with zero attached hydrogens (tertiary/aromatic N) is 2. The van der Waals surface area contributed by atoms with Crippen LogP contribution < -0.4 is 0 Å². The van der Waals surface area contributed by atoms with Crippen LogP contribution in [0.15, 0.2) is 0 Å². The molecule has 0 spiro atoms. The van der Waals surface area contributed by atoms with Crippen molar-refractivity contribution in [2.24, 2.45) is 0 Å². The molecule has 1 saturated heterocycles. The first-order valence-electron chi connectivity index (χ1n) is 5.97. The summed E-state index contributed by atoms with van der Waals surface area (Å²) < 4.78 is 0. The van der Waals surface area contributed by atoms with E-state index < -0.39 is 11.9 Å². The van der Waals surface area contributed by atoms with E-state index in [0.29, 0.717) is 6.54 Å². The van der Waals surface area contributed by atoms with Crippen molar-refractivity contribution in [2.45, 2.75) is 38.2 Å². The molecule has 1 heterocycles. The zero-order valence-electron chi connectivity index (χ0n) is 9.89. The van der Waals surface area contributed by atoms with Crippen LogP contribution >= 0.6 is 0 Å². The van der Waals surface area contributed by atoms with Gasteiger partial charge in [-0.15, -0.1) is 0 Å². The zero-order valence-corrected chi connectivity index (χ0v) is 9.89. The number of piperidine rings is 1. The topological polar surface area (TPSA) is 81.4 Å². The first-order valence-corrected chi connectivity index (χ1v) is 5.97. The lowest BCUT2D eigenvalue weighted by Crippen LogP contribution is -2.37. The molecule has 1 aliphatic heterocycles.